The summed E-state index contributed by atoms with van der Waals surface area (Å²) < 4.78 is 0. The Labute approximate surface area is 90.8 Å². The number of rotatable bonds is 0. The molecule has 0 nitrogen and oxygen atoms in total. The SMILES string of the molecule is C1C2[C@@H]3[C@@H]4C[C@H]5[C@H]6C[C@@H]4[C@H]4[C@@H]3C1[C@@H]([C@@H]25)[C@@H]64. The van der Waals surface area contributed by atoms with Gasteiger partial charge in [0.2, 0.25) is 0 Å². The van der Waals surface area contributed by atoms with Gasteiger partial charge < -0.3 is 0 Å². The topological polar surface area (TPSA) is 0 Å². The van der Waals surface area contributed by atoms with Gasteiger partial charge in [-0.15, -0.1) is 0 Å². The Hall–Kier alpha value is 0. The van der Waals surface area contributed by atoms with E-state index >= 15 is 0 Å². The first-order chi connectivity index (χ1) is 7.45. The molecule has 0 aliphatic heterocycles. The quantitative estimate of drug-likeness (QED) is 0.561. The smallest absolute Gasteiger partial charge is 0.0315 e. The summed E-state index contributed by atoms with van der Waals surface area (Å²) in [5.74, 6) is 15.4. The van der Waals surface area contributed by atoms with E-state index in [1.54, 1.807) is 19.3 Å². The summed E-state index contributed by atoms with van der Waals surface area (Å²) in [5.41, 5.74) is 0. The van der Waals surface area contributed by atoms with Gasteiger partial charge >= 0.3 is 0 Å². The number of hydrogen-bond acceptors (Lipinski definition) is 0. The van der Waals surface area contributed by atoms with Crippen molar-refractivity contribution >= 4 is 0 Å². The minimum atomic E-state index is 1.26. The van der Waals surface area contributed by atoms with Gasteiger partial charge in [-0.25, -0.2) is 0 Å². The van der Waals surface area contributed by atoms with Crippen molar-refractivity contribution in [3.63, 3.8) is 0 Å². The van der Waals surface area contributed by atoms with Gasteiger partial charge in [0.25, 0.3) is 0 Å². The van der Waals surface area contributed by atoms with E-state index in [1.165, 1.54) is 71.0 Å². The molecular weight excluding hydrogens is 180 g/mol. The van der Waals surface area contributed by atoms with E-state index in [1.807, 2.05) is 0 Å². The van der Waals surface area contributed by atoms with Crippen LogP contribution in [0.5, 0.6) is 0 Å². The van der Waals surface area contributed by atoms with Crippen LogP contribution in [0, 0.1) is 71.0 Å². The molecule has 0 heteroatoms. The summed E-state index contributed by atoms with van der Waals surface area (Å²) in [6, 6.07) is 0. The van der Waals surface area contributed by atoms with Crippen molar-refractivity contribution in [2.75, 3.05) is 0 Å². The van der Waals surface area contributed by atoms with Crippen LogP contribution in [0.1, 0.15) is 19.3 Å². The van der Waals surface area contributed by atoms with E-state index in [4.69, 9.17) is 0 Å². The van der Waals surface area contributed by atoms with Gasteiger partial charge in [0.05, 0.1) is 0 Å². The average molecular weight is 198 g/mol. The van der Waals surface area contributed by atoms with Gasteiger partial charge in [0.1, 0.15) is 0 Å². The molecule has 0 N–H and O–H groups in total. The Bertz CT molecular complexity index is 374. The third-order valence-corrected chi connectivity index (χ3v) is 8.91. The van der Waals surface area contributed by atoms with E-state index in [-0.39, 0.29) is 0 Å². The molecule has 12 atom stereocenters. The molecular formula is C15H18. The predicted octanol–water partition coefficient (Wildman–Crippen LogP) is 2.65. The zero-order valence-electron chi connectivity index (χ0n) is 9.05. The molecule has 2 unspecified atom stereocenters. The largest absolute Gasteiger partial charge is 0.0465 e. The average Bonchev–Trinajstić information content (AvgIpc) is 2.97. The molecule has 6 bridgehead atoms. The van der Waals surface area contributed by atoms with Gasteiger partial charge in [-0.2, -0.15) is 0 Å². The molecule has 8 saturated carbocycles. The normalized spacial score (nSPS) is 91.2. The lowest BCUT2D eigenvalue weighted by molar-refractivity contribution is -0.00468. The van der Waals surface area contributed by atoms with Crippen molar-refractivity contribution < 1.29 is 0 Å². The molecule has 8 aliphatic carbocycles. The van der Waals surface area contributed by atoms with Crippen molar-refractivity contribution in [2.45, 2.75) is 19.3 Å². The first-order valence-corrected chi connectivity index (χ1v) is 7.45. The molecule has 8 fully saturated rings. The minimum Gasteiger partial charge on any atom is -0.0465 e. The zero-order valence-corrected chi connectivity index (χ0v) is 9.05. The van der Waals surface area contributed by atoms with E-state index in [0.717, 1.165) is 0 Å². The van der Waals surface area contributed by atoms with Crippen molar-refractivity contribution in [1.82, 2.24) is 0 Å². The summed E-state index contributed by atoms with van der Waals surface area (Å²) in [6.07, 6.45) is 5.14. The van der Waals surface area contributed by atoms with E-state index in [9.17, 15) is 0 Å². The Balaban J connectivity index is 1.71. The molecule has 8 rings (SSSR count). The van der Waals surface area contributed by atoms with Gasteiger partial charge in [-0.05, 0) is 90.3 Å². The fourth-order valence-corrected chi connectivity index (χ4v) is 9.64. The summed E-state index contributed by atoms with van der Waals surface area (Å²) in [6.45, 7) is 0. The second-order valence-corrected chi connectivity index (χ2v) is 8.15. The van der Waals surface area contributed by atoms with Gasteiger partial charge in [0.15, 0.2) is 0 Å². The van der Waals surface area contributed by atoms with Crippen LogP contribution in [0.25, 0.3) is 0 Å². The van der Waals surface area contributed by atoms with Crippen LogP contribution in [-0.2, 0) is 0 Å². The highest BCUT2D eigenvalue weighted by Gasteiger charge is 2.84. The van der Waals surface area contributed by atoms with Crippen LogP contribution in [0.15, 0.2) is 0 Å². The van der Waals surface area contributed by atoms with Crippen molar-refractivity contribution in [3.8, 4) is 0 Å². The van der Waals surface area contributed by atoms with Gasteiger partial charge in [-0.1, -0.05) is 0 Å². The Morgan fingerprint density at radius 3 is 1.27 bits per heavy atom. The highest BCUT2D eigenvalue weighted by atomic mass is 14.9. The highest BCUT2D eigenvalue weighted by Crippen LogP contribution is 2.89. The molecule has 0 spiro atoms. The molecule has 0 aromatic rings. The predicted molar refractivity (Wildman–Crippen MR) is 55.7 cm³/mol. The molecule has 15 heavy (non-hydrogen) atoms. The Morgan fingerprint density at radius 2 is 0.667 bits per heavy atom. The van der Waals surface area contributed by atoms with E-state index in [2.05, 4.69) is 0 Å². The molecule has 0 saturated heterocycles. The maximum atomic E-state index is 1.72. The summed E-state index contributed by atoms with van der Waals surface area (Å²) in [5, 5.41) is 0. The first kappa shape index (κ1) is 6.67. The van der Waals surface area contributed by atoms with E-state index in [0.29, 0.717) is 0 Å². The minimum absolute atomic E-state index is 1.26. The zero-order chi connectivity index (χ0) is 9.05. The first-order valence-electron chi connectivity index (χ1n) is 7.45. The molecule has 0 heterocycles. The summed E-state index contributed by atoms with van der Waals surface area (Å²) in [7, 11) is 0. The van der Waals surface area contributed by atoms with Crippen LogP contribution in [0.2, 0.25) is 0 Å². The molecule has 0 radical (unpaired) electrons. The maximum Gasteiger partial charge on any atom is -0.0315 e. The van der Waals surface area contributed by atoms with Crippen molar-refractivity contribution in [3.05, 3.63) is 0 Å². The molecule has 0 aromatic heterocycles. The van der Waals surface area contributed by atoms with E-state index < -0.39 is 0 Å². The fourth-order valence-electron chi connectivity index (χ4n) is 9.64. The van der Waals surface area contributed by atoms with Crippen LogP contribution < -0.4 is 0 Å². The lowest BCUT2D eigenvalue weighted by atomic mass is 9.56. The van der Waals surface area contributed by atoms with Crippen LogP contribution in [0.3, 0.4) is 0 Å². The fraction of sp³-hybridized carbons (Fsp3) is 1.00. The van der Waals surface area contributed by atoms with Crippen LogP contribution in [-0.4, -0.2) is 0 Å². The molecule has 78 valence electrons. The van der Waals surface area contributed by atoms with Gasteiger partial charge in [-0.3, -0.25) is 0 Å². The molecule has 0 aromatic carbocycles. The second kappa shape index (κ2) is 1.56. The highest BCUT2D eigenvalue weighted by molar-refractivity contribution is 5.31. The second-order valence-electron chi connectivity index (χ2n) is 8.15. The lowest BCUT2D eigenvalue weighted by Crippen LogP contribution is -2.43. The lowest BCUT2D eigenvalue weighted by Gasteiger charge is -2.48. The number of hydrogen-bond donors (Lipinski definition) is 0. The van der Waals surface area contributed by atoms with Gasteiger partial charge in [0, 0.05) is 0 Å². The monoisotopic (exact) mass is 198 g/mol. The molecule has 8 aliphatic rings. The molecule has 0 amide bonds. The summed E-state index contributed by atoms with van der Waals surface area (Å²) in [4.78, 5) is 0. The van der Waals surface area contributed by atoms with Crippen molar-refractivity contribution in [1.29, 1.82) is 0 Å². The standard InChI is InChI=1S/C15H18/c1-4-6-2-7-5(1)11-8-3-9-14(10(4)8)12(6)13(7)15(9)11/h4-15H,1-3H2/t4-,5+,6+,7-,8?,9?,10+,11-,12-,13+,14-,15+. The Kier molecular flexibility index (Phi) is 0.691. The third kappa shape index (κ3) is 0.389. The summed E-state index contributed by atoms with van der Waals surface area (Å²) >= 11 is 0. The van der Waals surface area contributed by atoms with Crippen LogP contribution in [0.4, 0.5) is 0 Å². The van der Waals surface area contributed by atoms with Crippen LogP contribution >= 0.6 is 0 Å². The maximum absolute atomic E-state index is 1.72. The Morgan fingerprint density at radius 1 is 0.333 bits per heavy atom. The third-order valence-electron chi connectivity index (χ3n) is 8.91. The van der Waals surface area contributed by atoms with Crippen molar-refractivity contribution in [2.24, 2.45) is 71.0 Å².